The zero-order chi connectivity index (χ0) is 15.9. The first-order chi connectivity index (χ1) is 10.6. The van der Waals surface area contributed by atoms with E-state index in [9.17, 15) is 9.90 Å². The molecule has 0 spiro atoms. The molecule has 0 bridgehead atoms. The molecule has 0 aliphatic carbocycles. The minimum Gasteiger partial charge on any atom is -0.396 e. The van der Waals surface area contributed by atoms with Gasteiger partial charge < -0.3 is 15.3 Å². The van der Waals surface area contributed by atoms with Crippen LogP contribution in [0.3, 0.4) is 0 Å². The largest absolute Gasteiger partial charge is 0.396 e. The highest BCUT2D eigenvalue weighted by Gasteiger charge is 2.18. The molecule has 1 heterocycles. The average molecular weight is 304 g/mol. The molecule has 1 aromatic carbocycles. The molecular formula is C18H28N2O2. The number of hydrogen-bond donors (Lipinski definition) is 2. The van der Waals surface area contributed by atoms with Gasteiger partial charge in [0.15, 0.2) is 0 Å². The maximum Gasteiger partial charge on any atom is 0.220 e. The monoisotopic (exact) mass is 304 g/mol. The topological polar surface area (TPSA) is 52.6 Å². The Labute approximate surface area is 133 Å². The van der Waals surface area contributed by atoms with Crippen LogP contribution in [0, 0.1) is 11.8 Å². The van der Waals surface area contributed by atoms with Gasteiger partial charge in [-0.3, -0.25) is 4.79 Å². The fourth-order valence-corrected chi connectivity index (χ4v) is 2.84. The molecule has 22 heavy (non-hydrogen) atoms. The van der Waals surface area contributed by atoms with Gasteiger partial charge in [-0.25, -0.2) is 0 Å². The third kappa shape index (κ3) is 5.02. The standard InChI is InChI=1S/C18H28N2O2/c1-14(2)11-18(22)19-12-15-3-5-17(6-4-15)20-9-7-16(13-21)8-10-20/h3-6,14,16,21H,7-13H2,1-2H3,(H,19,22). The van der Waals surface area contributed by atoms with Crippen molar-refractivity contribution in [3.8, 4) is 0 Å². The number of nitrogens with zero attached hydrogens (tertiary/aromatic N) is 1. The van der Waals surface area contributed by atoms with Gasteiger partial charge in [0.05, 0.1) is 0 Å². The summed E-state index contributed by atoms with van der Waals surface area (Å²) in [5.74, 6) is 0.973. The number of carbonyl (C=O) groups excluding carboxylic acids is 1. The highest BCUT2D eigenvalue weighted by molar-refractivity contribution is 5.76. The van der Waals surface area contributed by atoms with Crippen molar-refractivity contribution in [1.29, 1.82) is 0 Å². The molecule has 1 saturated heterocycles. The Bertz CT molecular complexity index is 462. The number of piperidine rings is 1. The van der Waals surface area contributed by atoms with Crippen LogP contribution in [0.15, 0.2) is 24.3 Å². The van der Waals surface area contributed by atoms with Crippen LogP contribution in [-0.4, -0.2) is 30.7 Å². The molecule has 1 amide bonds. The van der Waals surface area contributed by atoms with Crippen LogP contribution in [-0.2, 0) is 11.3 Å². The van der Waals surface area contributed by atoms with Gasteiger partial charge in [-0.2, -0.15) is 0 Å². The number of anilines is 1. The Morgan fingerprint density at radius 1 is 1.27 bits per heavy atom. The highest BCUT2D eigenvalue weighted by atomic mass is 16.3. The van der Waals surface area contributed by atoms with E-state index >= 15 is 0 Å². The third-order valence-corrected chi connectivity index (χ3v) is 4.26. The predicted molar refractivity (Wildman–Crippen MR) is 89.8 cm³/mol. The van der Waals surface area contributed by atoms with Gasteiger partial charge in [-0.1, -0.05) is 26.0 Å². The molecule has 4 heteroatoms. The lowest BCUT2D eigenvalue weighted by Crippen LogP contribution is -2.34. The van der Waals surface area contributed by atoms with E-state index in [1.807, 2.05) is 13.8 Å². The van der Waals surface area contributed by atoms with E-state index in [1.54, 1.807) is 0 Å². The summed E-state index contributed by atoms with van der Waals surface area (Å²) in [7, 11) is 0. The second kappa shape index (κ2) is 8.18. The normalized spacial score (nSPS) is 16.1. The van der Waals surface area contributed by atoms with Crippen molar-refractivity contribution in [2.75, 3.05) is 24.6 Å². The summed E-state index contributed by atoms with van der Waals surface area (Å²) in [6.45, 7) is 7.02. The van der Waals surface area contributed by atoms with Crippen LogP contribution in [0.1, 0.15) is 38.7 Å². The van der Waals surface area contributed by atoms with Crippen LogP contribution in [0.5, 0.6) is 0 Å². The minimum atomic E-state index is 0.116. The second-order valence-electron chi connectivity index (χ2n) is 6.65. The van der Waals surface area contributed by atoms with E-state index in [-0.39, 0.29) is 5.91 Å². The molecule has 1 aliphatic heterocycles. The summed E-state index contributed by atoms with van der Waals surface area (Å²) in [5.41, 5.74) is 2.36. The predicted octanol–water partition coefficient (Wildman–Crippen LogP) is 2.56. The first-order valence-corrected chi connectivity index (χ1v) is 8.30. The molecule has 122 valence electrons. The second-order valence-corrected chi connectivity index (χ2v) is 6.65. The summed E-state index contributed by atoms with van der Waals surface area (Å²) in [6.07, 6.45) is 2.70. The first kappa shape index (κ1) is 16.8. The average Bonchev–Trinajstić information content (AvgIpc) is 2.53. The van der Waals surface area contributed by atoms with E-state index in [0.29, 0.717) is 31.4 Å². The number of amides is 1. The fraction of sp³-hybridized carbons (Fsp3) is 0.611. The van der Waals surface area contributed by atoms with Gasteiger partial charge in [0, 0.05) is 38.3 Å². The van der Waals surface area contributed by atoms with Crippen molar-refractivity contribution in [2.45, 2.75) is 39.7 Å². The maximum absolute atomic E-state index is 11.7. The maximum atomic E-state index is 11.7. The van der Waals surface area contributed by atoms with E-state index in [0.717, 1.165) is 31.5 Å². The lowest BCUT2D eigenvalue weighted by molar-refractivity contribution is -0.121. The summed E-state index contributed by atoms with van der Waals surface area (Å²) < 4.78 is 0. The molecule has 1 fully saturated rings. The molecule has 0 saturated carbocycles. The van der Waals surface area contributed by atoms with E-state index in [4.69, 9.17) is 0 Å². The van der Waals surface area contributed by atoms with E-state index in [2.05, 4.69) is 34.5 Å². The number of hydrogen-bond acceptors (Lipinski definition) is 3. The number of benzene rings is 1. The van der Waals surface area contributed by atoms with Crippen LogP contribution in [0.2, 0.25) is 0 Å². The van der Waals surface area contributed by atoms with Gasteiger partial charge in [0.1, 0.15) is 0 Å². The number of carbonyl (C=O) groups is 1. The molecule has 1 aromatic rings. The summed E-state index contributed by atoms with van der Waals surface area (Å²) in [5, 5.41) is 12.2. The van der Waals surface area contributed by atoms with Crippen molar-refractivity contribution in [1.82, 2.24) is 5.32 Å². The Balaban J connectivity index is 1.82. The molecule has 0 aromatic heterocycles. The molecule has 0 atom stereocenters. The number of nitrogens with one attached hydrogen (secondary N) is 1. The van der Waals surface area contributed by atoms with Crippen LogP contribution in [0.4, 0.5) is 5.69 Å². The molecular weight excluding hydrogens is 276 g/mol. The Morgan fingerprint density at radius 2 is 1.91 bits per heavy atom. The zero-order valence-corrected chi connectivity index (χ0v) is 13.7. The SMILES string of the molecule is CC(C)CC(=O)NCc1ccc(N2CCC(CO)CC2)cc1. The fourth-order valence-electron chi connectivity index (χ4n) is 2.84. The smallest absolute Gasteiger partial charge is 0.220 e. The van der Waals surface area contributed by atoms with Crippen molar-refractivity contribution >= 4 is 11.6 Å². The van der Waals surface area contributed by atoms with E-state index < -0.39 is 0 Å². The summed E-state index contributed by atoms with van der Waals surface area (Å²) in [6, 6.07) is 8.43. The quantitative estimate of drug-likeness (QED) is 0.849. The Morgan fingerprint density at radius 3 is 2.45 bits per heavy atom. The molecule has 2 rings (SSSR count). The van der Waals surface area contributed by atoms with E-state index in [1.165, 1.54) is 5.69 Å². The van der Waals surface area contributed by atoms with Gasteiger partial charge >= 0.3 is 0 Å². The van der Waals surface area contributed by atoms with Crippen molar-refractivity contribution in [3.63, 3.8) is 0 Å². The van der Waals surface area contributed by atoms with Gasteiger partial charge in [0.25, 0.3) is 0 Å². The van der Waals surface area contributed by atoms with Crippen LogP contribution < -0.4 is 10.2 Å². The van der Waals surface area contributed by atoms with Crippen molar-refractivity contribution in [2.24, 2.45) is 11.8 Å². The number of aliphatic hydroxyl groups is 1. The van der Waals surface area contributed by atoms with Crippen molar-refractivity contribution < 1.29 is 9.90 Å². The third-order valence-electron chi connectivity index (χ3n) is 4.26. The highest BCUT2D eigenvalue weighted by Crippen LogP contribution is 2.23. The lowest BCUT2D eigenvalue weighted by Gasteiger charge is -2.33. The van der Waals surface area contributed by atoms with Gasteiger partial charge in [-0.15, -0.1) is 0 Å². The molecule has 4 nitrogen and oxygen atoms in total. The van der Waals surface area contributed by atoms with Crippen LogP contribution in [0.25, 0.3) is 0 Å². The first-order valence-electron chi connectivity index (χ1n) is 8.30. The van der Waals surface area contributed by atoms with Crippen LogP contribution >= 0.6 is 0 Å². The molecule has 1 aliphatic rings. The minimum absolute atomic E-state index is 0.116. The Kier molecular flexibility index (Phi) is 6.25. The Hall–Kier alpha value is -1.55. The van der Waals surface area contributed by atoms with Crippen molar-refractivity contribution in [3.05, 3.63) is 29.8 Å². The molecule has 2 N–H and O–H groups in total. The summed E-state index contributed by atoms with van der Waals surface area (Å²) >= 11 is 0. The van der Waals surface area contributed by atoms with Gasteiger partial charge in [0.2, 0.25) is 5.91 Å². The van der Waals surface area contributed by atoms with Gasteiger partial charge in [-0.05, 0) is 42.4 Å². The lowest BCUT2D eigenvalue weighted by atomic mass is 9.97. The number of rotatable bonds is 6. The molecule has 0 radical (unpaired) electrons. The zero-order valence-electron chi connectivity index (χ0n) is 13.7. The summed E-state index contributed by atoms with van der Waals surface area (Å²) in [4.78, 5) is 14.0. The molecule has 0 unspecified atom stereocenters. The number of aliphatic hydroxyl groups excluding tert-OH is 1.